The van der Waals surface area contributed by atoms with Crippen LogP contribution in [-0.2, 0) is 11.3 Å². The number of hydrogen-bond donors (Lipinski definition) is 0. The van der Waals surface area contributed by atoms with Crippen molar-refractivity contribution in [3.8, 4) is 0 Å². The molecule has 154 valence electrons. The second kappa shape index (κ2) is 9.80. The highest BCUT2D eigenvalue weighted by atomic mass is 16.2. The van der Waals surface area contributed by atoms with Crippen LogP contribution in [0.15, 0.2) is 48.8 Å². The minimum atomic E-state index is 0.290. The topological polar surface area (TPSA) is 55.8 Å². The average molecular weight is 395 g/mol. The summed E-state index contributed by atoms with van der Waals surface area (Å²) >= 11 is 0. The first kappa shape index (κ1) is 19.8. The molecule has 7 heteroatoms. The lowest BCUT2D eigenvalue weighted by atomic mass is 10.2. The molecule has 3 heterocycles. The van der Waals surface area contributed by atoms with E-state index in [2.05, 4.69) is 55.0 Å². The summed E-state index contributed by atoms with van der Waals surface area (Å²) in [4.78, 5) is 30.4. The number of piperazine rings is 2. The van der Waals surface area contributed by atoms with E-state index in [1.54, 1.807) is 12.4 Å². The van der Waals surface area contributed by atoms with E-state index in [1.807, 2.05) is 11.0 Å². The van der Waals surface area contributed by atoms with Crippen LogP contribution in [0.5, 0.6) is 0 Å². The highest BCUT2D eigenvalue weighted by Gasteiger charge is 2.23. The van der Waals surface area contributed by atoms with E-state index < -0.39 is 0 Å². The molecule has 1 aromatic carbocycles. The fourth-order valence-corrected chi connectivity index (χ4v) is 4.03. The molecule has 1 amide bonds. The molecule has 29 heavy (non-hydrogen) atoms. The van der Waals surface area contributed by atoms with Crippen molar-refractivity contribution in [3.63, 3.8) is 0 Å². The predicted molar refractivity (Wildman–Crippen MR) is 114 cm³/mol. The number of benzene rings is 1. The third-order valence-corrected chi connectivity index (χ3v) is 5.82. The average Bonchev–Trinajstić information content (AvgIpc) is 2.80. The third kappa shape index (κ3) is 5.52. The van der Waals surface area contributed by atoms with Crippen molar-refractivity contribution in [2.24, 2.45) is 0 Å². The van der Waals surface area contributed by atoms with Crippen molar-refractivity contribution in [2.45, 2.75) is 13.0 Å². The molecule has 0 atom stereocenters. The fourth-order valence-electron chi connectivity index (χ4n) is 4.03. The summed E-state index contributed by atoms with van der Waals surface area (Å²) in [5.74, 6) is 1.09. The molecule has 2 saturated heterocycles. The van der Waals surface area contributed by atoms with Crippen LogP contribution >= 0.6 is 0 Å². The van der Waals surface area contributed by atoms with Gasteiger partial charge in [-0.1, -0.05) is 30.3 Å². The van der Waals surface area contributed by atoms with Gasteiger partial charge in [-0.15, -0.1) is 0 Å². The maximum Gasteiger partial charge on any atom is 0.225 e. The van der Waals surface area contributed by atoms with Gasteiger partial charge in [0.1, 0.15) is 0 Å². The van der Waals surface area contributed by atoms with E-state index in [4.69, 9.17) is 0 Å². The van der Waals surface area contributed by atoms with Gasteiger partial charge in [0.05, 0.1) is 0 Å². The number of anilines is 1. The maximum absolute atomic E-state index is 12.6. The number of carbonyl (C=O) groups excluding carboxylic acids is 1. The SMILES string of the molecule is O=C(CCN1CCN(c2ncccn2)CC1)N1CCN(Cc2ccccc2)CC1. The molecule has 0 radical (unpaired) electrons. The second-order valence-electron chi connectivity index (χ2n) is 7.77. The first-order chi connectivity index (χ1) is 14.3. The summed E-state index contributed by atoms with van der Waals surface area (Å²) in [6.07, 6.45) is 4.18. The van der Waals surface area contributed by atoms with Gasteiger partial charge in [-0.2, -0.15) is 0 Å². The van der Waals surface area contributed by atoms with Gasteiger partial charge < -0.3 is 9.80 Å². The van der Waals surface area contributed by atoms with Gasteiger partial charge in [0.2, 0.25) is 11.9 Å². The summed E-state index contributed by atoms with van der Waals surface area (Å²) in [5, 5.41) is 0. The lowest BCUT2D eigenvalue weighted by molar-refractivity contribution is -0.133. The zero-order valence-electron chi connectivity index (χ0n) is 17.0. The Balaban J connectivity index is 1.15. The number of nitrogens with zero attached hydrogens (tertiary/aromatic N) is 6. The normalized spacial score (nSPS) is 18.8. The fraction of sp³-hybridized carbons (Fsp3) is 0.500. The van der Waals surface area contributed by atoms with Crippen molar-refractivity contribution in [3.05, 3.63) is 54.4 Å². The Kier molecular flexibility index (Phi) is 6.69. The molecule has 7 nitrogen and oxygen atoms in total. The van der Waals surface area contributed by atoms with Gasteiger partial charge in [0.25, 0.3) is 0 Å². The Morgan fingerprint density at radius 3 is 2.14 bits per heavy atom. The first-order valence-corrected chi connectivity index (χ1v) is 10.6. The van der Waals surface area contributed by atoms with E-state index >= 15 is 0 Å². The molecule has 2 aliphatic rings. The van der Waals surface area contributed by atoms with Crippen LogP contribution in [-0.4, -0.2) is 89.5 Å². The zero-order valence-corrected chi connectivity index (χ0v) is 17.0. The number of aromatic nitrogens is 2. The summed E-state index contributed by atoms with van der Waals surface area (Å²) in [6, 6.07) is 12.4. The van der Waals surface area contributed by atoms with E-state index in [0.29, 0.717) is 6.42 Å². The van der Waals surface area contributed by atoms with Crippen molar-refractivity contribution in [2.75, 3.05) is 63.8 Å². The molecule has 1 aromatic heterocycles. The highest BCUT2D eigenvalue weighted by Crippen LogP contribution is 2.12. The van der Waals surface area contributed by atoms with E-state index in [-0.39, 0.29) is 5.91 Å². The van der Waals surface area contributed by atoms with Gasteiger partial charge in [0, 0.05) is 84.3 Å². The van der Waals surface area contributed by atoms with Crippen LogP contribution < -0.4 is 4.90 Å². The number of amides is 1. The third-order valence-electron chi connectivity index (χ3n) is 5.82. The Labute approximate surface area is 172 Å². The quantitative estimate of drug-likeness (QED) is 0.737. The Hall–Kier alpha value is -2.51. The summed E-state index contributed by atoms with van der Waals surface area (Å²) in [6.45, 7) is 9.13. The Morgan fingerprint density at radius 2 is 1.45 bits per heavy atom. The van der Waals surface area contributed by atoms with E-state index in [1.165, 1.54) is 5.56 Å². The number of hydrogen-bond acceptors (Lipinski definition) is 6. The van der Waals surface area contributed by atoms with Gasteiger partial charge in [-0.05, 0) is 11.6 Å². The first-order valence-electron chi connectivity index (χ1n) is 10.6. The Morgan fingerprint density at radius 1 is 0.793 bits per heavy atom. The van der Waals surface area contributed by atoms with E-state index in [0.717, 1.165) is 71.4 Å². The summed E-state index contributed by atoms with van der Waals surface area (Å²) in [5.41, 5.74) is 1.34. The van der Waals surface area contributed by atoms with Crippen LogP contribution in [0.4, 0.5) is 5.95 Å². The van der Waals surface area contributed by atoms with Crippen molar-refractivity contribution in [1.82, 2.24) is 24.7 Å². The number of carbonyl (C=O) groups is 1. The van der Waals surface area contributed by atoms with Crippen LogP contribution in [0, 0.1) is 0 Å². The standard InChI is InChI=1S/C22H30N6O/c29-21(27-15-13-26(14-16-27)19-20-5-2-1-3-6-20)7-10-25-11-17-28(18-12-25)22-23-8-4-9-24-22/h1-6,8-9H,7,10-19H2. The molecule has 2 fully saturated rings. The Bertz CT molecular complexity index is 755. The molecule has 0 saturated carbocycles. The largest absolute Gasteiger partial charge is 0.340 e. The molecule has 0 aliphatic carbocycles. The van der Waals surface area contributed by atoms with Crippen LogP contribution in [0.1, 0.15) is 12.0 Å². The summed E-state index contributed by atoms with van der Waals surface area (Å²) < 4.78 is 0. The lowest BCUT2D eigenvalue weighted by Crippen LogP contribution is -2.50. The maximum atomic E-state index is 12.6. The molecule has 0 N–H and O–H groups in total. The predicted octanol–water partition coefficient (Wildman–Crippen LogP) is 1.33. The molecule has 2 aromatic rings. The van der Waals surface area contributed by atoms with Crippen molar-refractivity contribution < 1.29 is 4.79 Å². The minimum absolute atomic E-state index is 0.290. The van der Waals surface area contributed by atoms with Crippen molar-refractivity contribution >= 4 is 11.9 Å². The highest BCUT2D eigenvalue weighted by molar-refractivity contribution is 5.76. The van der Waals surface area contributed by atoms with Crippen LogP contribution in [0.3, 0.4) is 0 Å². The molecule has 4 rings (SSSR count). The van der Waals surface area contributed by atoms with Gasteiger partial charge in [-0.3, -0.25) is 14.6 Å². The van der Waals surface area contributed by atoms with Gasteiger partial charge in [-0.25, -0.2) is 9.97 Å². The molecular weight excluding hydrogens is 364 g/mol. The molecule has 0 bridgehead atoms. The lowest BCUT2D eigenvalue weighted by Gasteiger charge is -2.36. The molecule has 0 unspecified atom stereocenters. The molecule has 2 aliphatic heterocycles. The van der Waals surface area contributed by atoms with Gasteiger partial charge in [0.15, 0.2) is 0 Å². The monoisotopic (exact) mass is 394 g/mol. The van der Waals surface area contributed by atoms with Gasteiger partial charge >= 0.3 is 0 Å². The smallest absolute Gasteiger partial charge is 0.225 e. The van der Waals surface area contributed by atoms with Crippen LogP contribution in [0.25, 0.3) is 0 Å². The molecular formula is C22H30N6O. The summed E-state index contributed by atoms with van der Waals surface area (Å²) in [7, 11) is 0. The van der Waals surface area contributed by atoms with Crippen molar-refractivity contribution in [1.29, 1.82) is 0 Å². The zero-order chi connectivity index (χ0) is 19.9. The van der Waals surface area contributed by atoms with E-state index in [9.17, 15) is 4.79 Å². The van der Waals surface area contributed by atoms with Crippen LogP contribution in [0.2, 0.25) is 0 Å². The molecule has 0 spiro atoms. The minimum Gasteiger partial charge on any atom is -0.340 e. The second-order valence-corrected chi connectivity index (χ2v) is 7.77. The number of rotatable bonds is 6.